The molecule has 1 unspecified atom stereocenters. The highest BCUT2D eigenvalue weighted by molar-refractivity contribution is 7.09. The summed E-state index contributed by atoms with van der Waals surface area (Å²) in [6, 6.07) is 9.76. The predicted molar refractivity (Wildman–Crippen MR) is 85.2 cm³/mol. The van der Waals surface area contributed by atoms with Crippen molar-refractivity contribution in [3.05, 3.63) is 52.0 Å². The van der Waals surface area contributed by atoms with Crippen molar-refractivity contribution in [2.45, 2.75) is 38.6 Å². The summed E-state index contributed by atoms with van der Waals surface area (Å²) in [5, 5.41) is 3.68. The van der Waals surface area contributed by atoms with Crippen LogP contribution < -0.4 is 5.32 Å². The van der Waals surface area contributed by atoms with E-state index in [4.69, 9.17) is 0 Å². The summed E-state index contributed by atoms with van der Waals surface area (Å²) in [6.07, 6.45) is 7.02. The summed E-state index contributed by atoms with van der Waals surface area (Å²) in [7, 11) is 0. The lowest BCUT2D eigenvalue weighted by atomic mass is 9.95. The summed E-state index contributed by atoms with van der Waals surface area (Å²) >= 11 is 1.78. The molecule has 1 aromatic carbocycles. The minimum atomic E-state index is 0.666. The zero-order valence-corrected chi connectivity index (χ0v) is 12.8. The van der Waals surface area contributed by atoms with Crippen LogP contribution in [0.2, 0.25) is 0 Å². The van der Waals surface area contributed by atoms with Crippen LogP contribution in [-0.4, -0.2) is 17.6 Å². The number of hydrogen-bond acceptors (Lipinski definition) is 3. The number of nitrogens with one attached hydrogen (secondary N) is 1. The van der Waals surface area contributed by atoms with E-state index in [9.17, 15) is 0 Å². The largest absolute Gasteiger partial charge is 0.314 e. The Morgan fingerprint density at radius 1 is 1.25 bits per heavy atom. The first kappa shape index (κ1) is 13.8. The quantitative estimate of drug-likeness (QED) is 0.841. The Hall–Kier alpha value is -1.19. The van der Waals surface area contributed by atoms with Gasteiger partial charge in [0.15, 0.2) is 0 Å². The maximum Gasteiger partial charge on any atom is 0.0794 e. The molecule has 1 aliphatic rings. The fraction of sp³-hybridized carbons (Fsp3) is 0.471. The van der Waals surface area contributed by atoms with Crippen molar-refractivity contribution < 1.29 is 0 Å². The first-order valence-electron chi connectivity index (χ1n) is 7.46. The Labute approximate surface area is 125 Å². The molecular formula is C17H22N2S. The molecule has 0 saturated heterocycles. The average Bonchev–Trinajstić information content (AvgIpc) is 3.15. The van der Waals surface area contributed by atoms with Crippen LogP contribution >= 0.6 is 11.3 Å². The van der Waals surface area contributed by atoms with Gasteiger partial charge in [-0.3, -0.25) is 4.98 Å². The van der Waals surface area contributed by atoms with Crippen LogP contribution in [0.25, 0.3) is 0 Å². The molecule has 1 heterocycles. The second kappa shape index (κ2) is 6.51. The molecule has 2 aromatic rings. The molecule has 0 amide bonds. The Balaban J connectivity index is 1.61. The molecule has 1 N–H and O–H groups in total. The van der Waals surface area contributed by atoms with Gasteiger partial charge in [-0.1, -0.05) is 29.8 Å². The van der Waals surface area contributed by atoms with Crippen molar-refractivity contribution in [2.24, 2.45) is 5.92 Å². The van der Waals surface area contributed by atoms with Crippen LogP contribution in [0.3, 0.4) is 0 Å². The predicted octanol–water partition coefficient (Wildman–Crippen LogP) is 3.60. The first-order chi connectivity index (χ1) is 9.79. The number of nitrogens with zero attached hydrogens (tertiary/aromatic N) is 1. The van der Waals surface area contributed by atoms with Gasteiger partial charge in [0, 0.05) is 17.1 Å². The van der Waals surface area contributed by atoms with Gasteiger partial charge in [-0.25, -0.2) is 0 Å². The minimum absolute atomic E-state index is 0.666. The van der Waals surface area contributed by atoms with E-state index in [1.807, 2.05) is 11.7 Å². The van der Waals surface area contributed by atoms with Gasteiger partial charge < -0.3 is 5.32 Å². The van der Waals surface area contributed by atoms with E-state index in [2.05, 4.69) is 41.5 Å². The second-order valence-corrected chi connectivity index (χ2v) is 6.88. The topological polar surface area (TPSA) is 24.9 Å². The number of hydrogen-bond donors (Lipinski definition) is 1. The van der Waals surface area contributed by atoms with Gasteiger partial charge in [0.2, 0.25) is 0 Å². The molecule has 0 bridgehead atoms. The average molecular weight is 286 g/mol. The molecule has 106 valence electrons. The van der Waals surface area contributed by atoms with Gasteiger partial charge in [0.05, 0.1) is 5.51 Å². The van der Waals surface area contributed by atoms with Crippen molar-refractivity contribution >= 4 is 11.3 Å². The maximum atomic E-state index is 4.20. The minimum Gasteiger partial charge on any atom is -0.314 e. The molecule has 3 heteroatoms. The molecule has 0 radical (unpaired) electrons. The highest BCUT2D eigenvalue weighted by atomic mass is 32.1. The Kier molecular flexibility index (Phi) is 4.48. The van der Waals surface area contributed by atoms with E-state index in [0.717, 1.165) is 25.4 Å². The van der Waals surface area contributed by atoms with Crippen LogP contribution in [0.15, 0.2) is 36.0 Å². The van der Waals surface area contributed by atoms with Crippen LogP contribution in [0, 0.1) is 12.8 Å². The number of aromatic nitrogens is 1. The second-order valence-electron chi connectivity index (χ2n) is 5.91. The lowest BCUT2D eigenvalue weighted by molar-refractivity contribution is 0.471. The van der Waals surface area contributed by atoms with Crippen molar-refractivity contribution in [1.82, 2.24) is 10.3 Å². The van der Waals surface area contributed by atoms with Gasteiger partial charge >= 0.3 is 0 Å². The van der Waals surface area contributed by atoms with E-state index in [0.29, 0.717) is 5.92 Å². The molecule has 0 aliphatic heterocycles. The van der Waals surface area contributed by atoms with E-state index in [1.165, 1.54) is 28.8 Å². The van der Waals surface area contributed by atoms with Crippen LogP contribution in [0.5, 0.6) is 0 Å². The van der Waals surface area contributed by atoms with Gasteiger partial charge in [-0.15, -0.1) is 11.3 Å². The van der Waals surface area contributed by atoms with E-state index in [-0.39, 0.29) is 0 Å². The number of benzene rings is 1. The highest BCUT2D eigenvalue weighted by Crippen LogP contribution is 2.21. The van der Waals surface area contributed by atoms with Gasteiger partial charge in [-0.2, -0.15) is 0 Å². The Morgan fingerprint density at radius 2 is 2.05 bits per heavy atom. The molecule has 1 saturated carbocycles. The number of aryl methyl sites for hydroxylation is 1. The van der Waals surface area contributed by atoms with Gasteiger partial charge in [0.1, 0.15) is 0 Å². The maximum absolute atomic E-state index is 4.20. The molecule has 3 rings (SSSR count). The highest BCUT2D eigenvalue weighted by Gasteiger charge is 2.22. The molecule has 1 aromatic heterocycles. The standard InChI is InChI=1S/C17H22N2S/c1-13-2-4-14(5-3-13)8-15(10-19-16-6-7-16)9-17-11-18-12-20-17/h2-5,11-12,15-16,19H,6-10H2,1H3. The molecular weight excluding hydrogens is 264 g/mol. The summed E-state index contributed by atoms with van der Waals surface area (Å²) in [5.41, 5.74) is 4.72. The molecule has 1 atom stereocenters. The summed E-state index contributed by atoms with van der Waals surface area (Å²) in [4.78, 5) is 5.60. The smallest absolute Gasteiger partial charge is 0.0794 e. The van der Waals surface area contributed by atoms with E-state index >= 15 is 0 Å². The number of rotatable bonds is 7. The Morgan fingerprint density at radius 3 is 2.70 bits per heavy atom. The summed E-state index contributed by atoms with van der Waals surface area (Å²) in [6.45, 7) is 3.27. The number of thiazole rings is 1. The third-order valence-electron chi connectivity index (χ3n) is 3.89. The zero-order valence-electron chi connectivity index (χ0n) is 12.0. The van der Waals surface area contributed by atoms with Crippen LogP contribution in [-0.2, 0) is 12.8 Å². The van der Waals surface area contributed by atoms with Crippen molar-refractivity contribution in [3.63, 3.8) is 0 Å². The SMILES string of the molecule is Cc1ccc(CC(CNC2CC2)Cc2cncs2)cc1. The molecule has 1 aliphatic carbocycles. The zero-order chi connectivity index (χ0) is 13.8. The van der Waals surface area contributed by atoms with Crippen molar-refractivity contribution in [2.75, 3.05) is 6.54 Å². The summed E-state index contributed by atoms with van der Waals surface area (Å²) < 4.78 is 0. The van der Waals surface area contributed by atoms with E-state index in [1.54, 1.807) is 11.3 Å². The van der Waals surface area contributed by atoms with Gasteiger partial charge in [-0.05, 0) is 50.6 Å². The summed E-state index contributed by atoms with van der Waals surface area (Å²) in [5.74, 6) is 0.666. The fourth-order valence-electron chi connectivity index (χ4n) is 2.52. The normalized spacial score (nSPS) is 16.2. The Bertz CT molecular complexity index is 514. The van der Waals surface area contributed by atoms with Crippen molar-refractivity contribution in [3.8, 4) is 0 Å². The van der Waals surface area contributed by atoms with Crippen LogP contribution in [0.1, 0.15) is 28.8 Å². The third-order valence-corrected chi connectivity index (χ3v) is 4.69. The van der Waals surface area contributed by atoms with Crippen LogP contribution in [0.4, 0.5) is 0 Å². The molecule has 1 fully saturated rings. The van der Waals surface area contributed by atoms with Gasteiger partial charge in [0.25, 0.3) is 0 Å². The van der Waals surface area contributed by atoms with E-state index < -0.39 is 0 Å². The molecule has 20 heavy (non-hydrogen) atoms. The molecule has 0 spiro atoms. The first-order valence-corrected chi connectivity index (χ1v) is 8.34. The molecule has 2 nitrogen and oxygen atoms in total. The monoisotopic (exact) mass is 286 g/mol. The lowest BCUT2D eigenvalue weighted by Gasteiger charge is -2.17. The lowest BCUT2D eigenvalue weighted by Crippen LogP contribution is -2.27. The van der Waals surface area contributed by atoms with Crippen molar-refractivity contribution in [1.29, 1.82) is 0 Å². The fourth-order valence-corrected chi connectivity index (χ4v) is 3.23. The third kappa shape index (κ3) is 4.15.